The summed E-state index contributed by atoms with van der Waals surface area (Å²) >= 11 is 13.3. The molecule has 0 saturated heterocycles. The van der Waals surface area contributed by atoms with Crippen molar-refractivity contribution in [3.63, 3.8) is 0 Å². The number of pyridine rings is 1. The monoisotopic (exact) mass is 638 g/mol. The summed E-state index contributed by atoms with van der Waals surface area (Å²) < 4.78 is 39.2. The van der Waals surface area contributed by atoms with Crippen molar-refractivity contribution in [3.05, 3.63) is 74.8 Å². The highest BCUT2D eigenvalue weighted by Gasteiger charge is 2.51. The summed E-state index contributed by atoms with van der Waals surface area (Å²) in [5.74, 6) is 0.472. The molecule has 1 aromatic heterocycles. The smallest absolute Gasteiger partial charge is 0.223 e. The number of benzene rings is 2. The summed E-state index contributed by atoms with van der Waals surface area (Å²) in [6, 6.07) is 14.2. The molecule has 12 heteroatoms. The number of amides is 1. The fourth-order valence-electron chi connectivity index (χ4n) is 4.04. The summed E-state index contributed by atoms with van der Waals surface area (Å²) in [5.41, 5.74) is 0.328. The molecule has 3 aromatic rings. The standard InChI is InChI=1S/C26H24BrCl2N3O5S/c27-18-10-19(28)24(20(29)11-18)37-23-12-21(22(13-30-23)36-14-16-4-2-1-3-5-16)32(38(34)35)26(8-9-26)15-31-25(33)17-6-7-17/h1-5,10-13,17H,6-9,14-15H2,(H,31,33)(H,34,35)/p-1. The fraction of sp³-hybridized carbons (Fsp3) is 0.308. The molecule has 2 saturated carbocycles. The number of ether oxygens (including phenoxy) is 2. The van der Waals surface area contributed by atoms with E-state index in [-0.39, 0.29) is 58.1 Å². The molecule has 0 bridgehead atoms. The van der Waals surface area contributed by atoms with Gasteiger partial charge in [-0.15, -0.1) is 0 Å². The van der Waals surface area contributed by atoms with Crippen LogP contribution in [0.3, 0.4) is 0 Å². The number of aromatic nitrogens is 1. The number of hydrogen-bond donors (Lipinski definition) is 1. The Bertz CT molecular complexity index is 1350. The molecule has 1 N–H and O–H groups in total. The molecule has 0 aliphatic heterocycles. The lowest BCUT2D eigenvalue weighted by Crippen LogP contribution is -2.47. The van der Waals surface area contributed by atoms with Gasteiger partial charge in [0.25, 0.3) is 0 Å². The normalized spacial score (nSPS) is 16.4. The van der Waals surface area contributed by atoms with Gasteiger partial charge >= 0.3 is 0 Å². The van der Waals surface area contributed by atoms with E-state index in [1.807, 2.05) is 30.3 Å². The lowest BCUT2D eigenvalue weighted by atomic mass is 10.2. The fourth-order valence-corrected chi connectivity index (χ4v) is 6.19. The van der Waals surface area contributed by atoms with Crippen LogP contribution in [0, 0.1) is 5.92 Å². The van der Waals surface area contributed by atoms with E-state index in [1.165, 1.54) is 16.6 Å². The molecule has 0 spiro atoms. The Kier molecular flexibility index (Phi) is 8.16. The van der Waals surface area contributed by atoms with Crippen LogP contribution in [0.4, 0.5) is 5.69 Å². The van der Waals surface area contributed by atoms with Gasteiger partial charge in [-0.05, 0) is 43.4 Å². The molecule has 2 fully saturated rings. The quantitative estimate of drug-likeness (QED) is 0.251. The Morgan fingerprint density at radius 2 is 1.87 bits per heavy atom. The number of rotatable bonds is 11. The highest BCUT2D eigenvalue weighted by atomic mass is 79.9. The van der Waals surface area contributed by atoms with Crippen LogP contribution in [0.5, 0.6) is 17.4 Å². The van der Waals surface area contributed by atoms with E-state index in [9.17, 15) is 13.6 Å². The molecule has 2 aliphatic carbocycles. The minimum absolute atomic E-state index is 0.0168. The van der Waals surface area contributed by atoms with Crippen LogP contribution < -0.4 is 19.1 Å². The first kappa shape index (κ1) is 27.2. The zero-order valence-electron chi connectivity index (χ0n) is 20.0. The third kappa shape index (κ3) is 6.26. The zero-order chi connectivity index (χ0) is 26.9. The Morgan fingerprint density at radius 1 is 1.18 bits per heavy atom. The van der Waals surface area contributed by atoms with E-state index in [1.54, 1.807) is 12.1 Å². The van der Waals surface area contributed by atoms with Crippen molar-refractivity contribution in [3.8, 4) is 17.4 Å². The van der Waals surface area contributed by atoms with Crippen molar-refractivity contribution >= 4 is 62.0 Å². The Labute approximate surface area is 241 Å². The van der Waals surface area contributed by atoms with Crippen LogP contribution in [-0.2, 0) is 22.7 Å². The first-order chi connectivity index (χ1) is 18.3. The topological polar surface area (TPSA) is 104 Å². The molecule has 2 aromatic carbocycles. The number of anilines is 1. The molecule has 1 heterocycles. The number of nitrogens with one attached hydrogen (secondary N) is 1. The minimum Gasteiger partial charge on any atom is -0.755 e. The maximum Gasteiger partial charge on any atom is 0.223 e. The third-order valence-electron chi connectivity index (χ3n) is 6.39. The van der Waals surface area contributed by atoms with Gasteiger partial charge in [0.05, 0.1) is 27.5 Å². The number of nitrogens with zero attached hydrogens (tertiary/aromatic N) is 2. The molecule has 38 heavy (non-hydrogen) atoms. The zero-order valence-corrected chi connectivity index (χ0v) is 23.9. The van der Waals surface area contributed by atoms with E-state index < -0.39 is 16.8 Å². The van der Waals surface area contributed by atoms with Gasteiger partial charge in [-0.1, -0.05) is 69.5 Å². The number of carbonyl (C=O) groups is 1. The molecule has 8 nitrogen and oxygen atoms in total. The van der Waals surface area contributed by atoms with Crippen LogP contribution in [-0.4, -0.2) is 31.7 Å². The van der Waals surface area contributed by atoms with E-state index in [2.05, 4.69) is 26.2 Å². The van der Waals surface area contributed by atoms with Gasteiger partial charge < -0.3 is 19.3 Å². The van der Waals surface area contributed by atoms with E-state index in [0.29, 0.717) is 17.3 Å². The van der Waals surface area contributed by atoms with Crippen molar-refractivity contribution < 1.29 is 23.0 Å². The molecule has 200 valence electrons. The Hall–Kier alpha value is -2.37. The van der Waals surface area contributed by atoms with Crippen LogP contribution in [0.1, 0.15) is 31.2 Å². The minimum atomic E-state index is -2.69. The lowest BCUT2D eigenvalue weighted by molar-refractivity contribution is -0.122. The second kappa shape index (κ2) is 11.4. The second-order valence-corrected chi connectivity index (χ2v) is 11.8. The van der Waals surface area contributed by atoms with Gasteiger partial charge in [0, 0.05) is 34.3 Å². The summed E-state index contributed by atoms with van der Waals surface area (Å²) in [7, 11) is 0. The second-order valence-electron chi connectivity index (χ2n) is 9.29. The molecular formula is C26H23BrCl2N3O5S-. The number of halogens is 3. The highest BCUT2D eigenvalue weighted by molar-refractivity contribution is 9.10. The number of hydrogen-bond acceptors (Lipinski definition) is 6. The van der Waals surface area contributed by atoms with E-state index >= 15 is 0 Å². The molecule has 0 radical (unpaired) electrons. The average Bonchev–Trinajstić information content (AvgIpc) is 3.81. The summed E-state index contributed by atoms with van der Waals surface area (Å²) in [6.45, 7) is 0.391. The maximum atomic E-state index is 12.7. The van der Waals surface area contributed by atoms with Crippen molar-refractivity contribution in [2.75, 3.05) is 10.8 Å². The molecular weight excluding hydrogens is 617 g/mol. The highest BCUT2D eigenvalue weighted by Crippen LogP contribution is 2.48. The number of carbonyl (C=O) groups excluding carboxylic acids is 1. The van der Waals surface area contributed by atoms with Gasteiger partial charge in [0.15, 0.2) is 11.5 Å². The van der Waals surface area contributed by atoms with Crippen LogP contribution >= 0.6 is 39.1 Å². The lowest BCUT2D eigenvalue weighted by Gasteiger charge is -2.36. The maximum absolute atomic E-state index is 12.7. The van der Waals surface area contributed by atoms with Crippen LogP contribution in [0.2, 0.25) is 10.0 Å². The van der Waals surface area contributed by atoms with Crippen molar-refractivity contribution in [1.29, 1.82) is 0 Å². The van der Waals surface area contributed by atoms with Crippen LogP contribution in [0.25, 0.3) is 0 Å². The first-order valence-electron chi connectivity index (χ1n) is 11.9. The van der Waals surface area contributed by atoms with Crippen molar-refractivity contribution in [2.24, 2.45) is 5.92 Å². The Morgan fingerprint density at radius 3 is 2.47 bits per heavy atom. The third-order valence-corrected chi connectivity index (χ3v) is 8.30. The Balaban J connectivity index is 1.48. The molecule has 1 amide bonds. The molecule has 2 aliphatic rings. The first-order valence-corrected chi connectivity index (χ1v) is 14.5. The van der Waals surface area contributed by atoms with Crippen molar-refractivity contribution in [2.45, 2.75) is 37.8 Å². The van der Waals surface area contributed by atoms with Crippen LogP contribution in [0.15, 0.2) is 59.2 Å². The van der Waals surface area contributed by atoms with Gasteiger partial charge in [0.1, 0.15) is 6.61 Å². The molecule has 5 rings (SSSR count). The van der Waals surface area contributed by atoms with E-state index in [4.69, 9.17) is 32.7 Å². The van der Waals surface area contributed by atoms with Gasteiger partial charge in [0.2, 0.25) is 11.8 Å². The predicted octanol–water partition coefficient (Wildman–Crippen LogP) is 6.18. The SMILES string of the molecule is O=C(NCC1(N(c2cc(Oc3c(Cl)cc(Br)cc3Cl)ncc2OCc2ccccc2)S(=O)[O-])CC1)C1CC1. The largest absolute Gasteiger partial charge is 0.755 e. The average molecular weight is 640 g/mol. The predicted molar refractivity (Wildman–Crippen MR) is 148 cm³/mol. The summed E-state index contributed by atoms with van der Waals surface area (Å²) in [5, 5.41) is 3.43. The summed E-state index contributed by atoms with van der Waals surface area (Å²) in [4.78, 5) is 16.6. The van der Waals surface area contributed by atoms with Gasteiger partial charge in [-0.3, -0.25) is 13.3 Å². The summed E-state index contributed by atoms with van der Waals surface area (Å²) in [6.07, 6.45) is 4.28. The molecule has 1 atom stereocenters. The van der Waals surface area contributed by atoms with E-state index in [0.717, 1.165) is 18.4 Å². The van der Waals surface area contributed by atoms with Gasteiger partial charge in [-0.25, -0.2) is 4.98 Å². The van der Waals surface area contributed by atoms with Gasteiger partial charge in [-0.2, -0.15) is 0 Å². The molecule has 1 unspecified atom stereocenters. The van der Waals surface area contributed by atoms with Crippen molar-refractivity contribution in [1.82, 2.24) is 10.3 Å².